The molecule has 0 aromatic rings. The fourth-order valence-corrected chi connectivity index (χ4v) is 7.41. The molecule has 62 heavy (non-hydrogen) atoms. The molecule has 0 aliphatic rings. The van der Waals surface area contributed by atoms with Crippen molar-refractivity contribution in [3.63, 3.8) is 0 Å². The first kappa shape index (κ1) is 59.7. The predicted molar refractivity (Wildman–Crippen MR) is 265 cm³/mol. The highest BCUT2D eigenvalue weighted by molar-refractivity contribution is 7.45. The minimum absolute atomic E-state index is 0.00431. The molecular weight excluding hydrogens is 792 g/mol. The summed E-state index contributed by atoms with van der Waals surface area (Å²) in [4.78, 5) is 25.1. The average Bonchev–Trinajstić information content (AvgIpc) is 3.23. The number of rotatable bonds is 44. The van der Waals surface area contributed by atoms with Crippen molar-refractivity contribution < 1.29 is 32.9 Å². The van der Waals surface area contributed by atoms with Gasteiger partial charge in [0, 0.05) is 6.42 Å². The number of quaternary nitrogens is 1. The van der Waals surface area contributed by atoms with Crippen LogP contribution in [0.3, 0.4) is 0 Å². The zero-order valence-electron chi connectivity index (χ0n) is 40.5. The van der Waals surface area contributed by atoms with E-state index in [2.05, 4.69) is 92.1 Å². The number of carbonyl (C=O) groups is 1. The van der Waals surface area contributed by atoms with Crippen molar-refractivity contribution in [1.82, 2.24) is 5.32 Å². The summed E-state index contributed by atoms with van der Waals surface area (Å²) < 4.78 is 23.0. The Morgan fingerprint density at radius 2 is 0.984 bits per heavy atom. The largest absolute Gasteiger partial charge is 0.756 e. The van der Waals surface area contributed by atoms with Crippen LogP contribution >= 0.6 is 7.82 Å². The first-order valence-corrected chi connectivity index (χ1v) is 26.4. The van der Waals surface area contributed by atoms with Gasteiger partial charge in [0.05, 0.1) is 39.9 Å². The summed E-state index contributed by atoms with van der Waals surface area (Å²) in [5, 5.41) is 13.6. The molecule has 0 heterocycles. The van der Waals surface area contributed by atoms with Gasteiger partial charge in [-0.05, 0) is 70.6 Å². The van der Waals surface area contributed by atoms with E-state index in [1.54, 1.807) is 6.08 Å². The molecule has 0 bridgehead atoms. The molecular formula is C53H95N2O6P. The molecule has 8 nitrogen and oxygen atoms in total. The normalized spacial score (nSPS) is 14.9. The summed E-state index contributed by atoms with van der Waals surface area (Å²) in [7, 11) is 1.25. The number of likely N-dealkylation sites (N-methyl/N-ethyl adjacent to an activating group) is 1. The fourth-order valence-electron chi connectivity index (χ4n) is 6.68. The van der Waals surface area contributed by atoms with Gasteiger partial charge in [-0.3, -0.25) is 9.36 Å². The van der Waals surface area contributed by atoms with Crippen molar-refractivity contribution in [2.45, 2.75) is 206 Å². The molecule has 0 radical (unpaired) electrons. The summed E-state index contributed by atoms with van der Waals surface area (Å²) in [6.45, 7) is 4.40. The minimum atomic E-state index is -4.58. The number of hydrogen-bond donors (Lipinski definition) is 2. The smallest absolute Gasteiger partial charge is 0.268 e. The van der Waals surface area contributed by atoms with E-state index in [0.717, 1.165) is 83.5 Å². The molecule has 0 aliphatic heterocycles. The van der Waals surface area contributed by atoms with E-state index in [0.29, 0.717) is 17.4 Å². The third kappa shape index (κ3) is 45.7. The van der Waals surface area contributed by atoms with Crippen molar-refractivity contribution in [3.8, 4) is 0 Å². The number of allylic oxidation sites excluding steroid dienone is 13. The number of aliphatic hydroxyl groups excluding tert-OH is 1. The van der Waals surface area contributed by atoms with Gasteiger partial charge in [0.25, 0.3) is 7.82 Å². The van der Waals surface area contributed by atoms with Gasteiger partial charge in [-0.15, -0.1) is 0 Å². The summed E-state index contributed by atoms with van der Waals surface area (Å²) in [6.07, 6.45) is 61.4. The zero-order chi connectivity index (χ0) is 45.7. The molecule has 3 atom stereocenters. The fraction of sp³-hybridized carbons (Fsp3) is 0.717. The number of phosphoric ester groups is 1. The number of unbranched alkanes of at least 4 members (excludes halogenated alkanes) is 19. The second kappa shape index (κ2) is 43.9. The lowest BCUT2D eigenvalue weighted by Gasteiger charge is -2.29. The second-order valence-corrected chi connectivity index (χ2v) is 19.2. The van der Waals surface area contributed by atoms with Crippen LogP contribution in [0.15, 0.2) is 85.1 Å². The molecule has 0 saturated carbocycles. The summed E-state index contributed by atoms with van der Waals surface area (Å²) >= 11 is 0. The molecule has 2 N–H and O–H groups in total. The number of aliphatic hydroxyl groups is 1. The molecule has 3 unspecified atom stereocenters. The van der Waals surface area contributed by atoms with Gasteiger partial charge in [0.15, 0.2) is 0 Å². The highest BCUT2D eigenvalue weighted by Crippen LogP contribution is 2.38. The summed E-state index contributed by atoms with van der Waals surface area (Å²) in [5.41, 5.74) is 0. The molecule has 0 spiro atoms. The number of amides is 1. The third-order valence-electron chi connectivity index (χ3n) is 10.6. The molecule has 0 aromatic heterocycles. The topological polar surface area (TPSA) is 108 Å². The SMILES string of the molecule is CC/C=C\C/C=C\C/C=C\C/C=C\C/C=C\C/C=C\CCCCCCCCCCCCCCCCCCC(=O)NC(COP(=O)([O-])OCC[N+](C)(C)C)C(O)/C=C/CCCCC. The first-order valence-electron chi connectivity index (χ1n) is 24.9. The van der Waals surface area contributed by atoms with E-state index in [-0.39, 0.29) is 19.1 Å². The van der Waals surface area contributed by atoms with Crippen LogP contribution in [0.4, 0.5) is 0 Å². The van der Waals surface area contributed by atoms with Gasteiger partial charge >= 0.3 is 0 Å². The van der Waals surface area contributed by atoms with E-state index in [1.807, 2.05) is 27.2 Å². The Labute approximate surface area is 382 Å². The molecule has 0 saturated heterocycles. The lowest BCUT2D eigenvalue weighted by atomic mass is 10.0. The average molecular weight is 887 g/mol. The molecule has 0 aliphatic carbocycles. The number of phosphoric acid groups is 1. The van der Waals surface area contributed by atoms with Crippen molar-refractivity contribution in [3.05, 3.63) is 85.1 Å². The minimum Gasteiger partial charge on any atom is -0.756 e. The van der Waals surface area contributed by atoms with Crippen LogP contribution in [-0.2, 0) is 18.4 Å². The monoisotopic (exact) mass is 887 g/mol. The van der Waals surface area contributed by atoms with Gasteiger partial charge in [0.2, 0.25) is 5.91 Å². The number of carbonyl (C=O) groups excluding carboxylic acids is 1. The van der Waals surface area contributed by atoms with Crippen LogP contribution in [0, 0.1) is 0 Å². The maximum absolute atomic E-state index is 12.8. The van der Waals surface area contributed by atoms with Crippen LogP contribution < -0.4 is 10.2 Å². The summed E-state index contributed by atoms with van der Waals surface area (Å²) in [5.74, 6) is -0.208. The third-order valence-corrected chi connectivity index (χ3v) is 11.6. The molecule has 0 rings (SSSR count). The quantitative estimate of drug-likeness (QED) is 0.0273. The maximum atomic E-state index is 12.8. The molecule has 358 valence electrons. The Morgan fingerprint density at radius 1 is 0.581 bits per heavy atom. The maximum Gasteiger partial charge on any atom is 0.268 e. The lowest BCUT2D eigenvalue weighted by Crippen LogP contribution is -2.45. The van der Waals surface area contributed by atoms with E-state index in [4.69, 9.17) is 9.05 Å². The number of hydrogen-bond acceptors (Lipinski definition) is 6. The Balaban J connectivity index is 3.85. The number of nitrogens with zero attached hydrogens (tertiary/aromatic N) is 1. The van der Waals surface area contributed by atoms with Crippen molar-refractivity contribution in [1.29, 1.82) is 0 Å². The highest BCUT2D eigenvalue weighted by Gasteiger charge is 2.23. The van der Waals surface area contributed by atoms with Crippen LogP contribution in [0.2, 0.25) is 0 Å². The standard InChI is InChI=1S/C53H95N2O6P/c1-6-8-10-12-13-14-15-16-17-18-19-20-21-22-23-24-25-26-27-28-29-30-31-32-33-34-35-36-37-38-39-40-41-43-45-47-53(57)54-51(52(56)46-44-42-11-9-7-2)50-61-62(58,59)60-49-48-55(3,4)5/h8,10,13-14,16-17,19-20,22-23,25-26,44,46,51-52,56H,6-7,9,11-12,15,18,21,24,27-43,45,47-50H2,1-5H3,(H-,54,57,58,59)/b10-8-,14-13-,17-16-,20-19-,23-22-,26-25-,46-44+. The number of nitrogens with one attached hydrogen (secondary N) is 1. The van der Waals surface area contributed by atoms with Crippen LogP contribution in [0.5, 0.6) is 0 Å². The second-order valence-electron chi connectivity index (χ2n) is 17.8. The molecule has 0 aromatic carbocycles. The van der Waals surface area contributed by atoms with Gasteiger partial charge in [-0.1, -0.05) is 202 Å². The lowest BCUT2D eigenvalue weighted by molar-refractivity contribution is -0.870. The zero-order valence-corrected chi connectivity index (χ0v) is 41.4. The van der Waals surface area contributed by atoms with Crippen LogP contribution in [-0.4, -0.2) is 68.5 Å². The Kier molecular flexibility index (Phi) is 42.3. The van der Waals surface area contributed by atoms with Crippen molar-refractivity contribution in [2.24, 2.45) is 0 Å². The van der Waals surface area contributed by atoms with E-state index in [1.165, 1.54) is 89.9 Å². The van der Waals surface area contributed by atoms with Gasteiger partial charge in [-0.25, -0.2) is 0 Å². The van der Waals surface area contributed by atoms with Gasteiger partial charge < -0.3 is 28.8 Å². The Morgan fingerprint density at radius 3 is 1.44 bits per heavy atom. The van der Waals surface area contributed by atoms with E-state index >= 15 is 0 Å². The predicted octanol–water partition coefficient (Wildman–Crippen LogP) is 13.9. The van der Waals surface area contributed by atoms with Crippen molar-refractivity contribution in [2.75, 3.05) is 40.9 Å². The Hall–Kier alpha value is -2.32. The molecule has 0 fully saturated rings. The van der Waals surface area contributed by atoms with Gasteiger partial charge in [-0.2, -0.15) is 0 Å². The highest BCUT2D eigenvalue weighted by atomic mass is 31.2. The first-order chi connectivity index (χ1) is 30.0. The molecule has 1 amide bonds. The molecule has 9 heteroatoms. The van der Waals surface area contributed by atoms with Crippen molar-refractivity contribution >= 4 is 13.7 Å². The van der Waals surface area contributed by atoms with Gasteiger partial charge in [0.1, 0.15) is 13.2 Å². The van der Waals surface area contributed by atoms with E-state index in [9.17, 15) is 19.4 Å². The Bertz CT molecular complexity index is 1280. The van der Waals surface area contributed by atoms with E-state index < -0.39 is 20.0 Å². The summed E-state index contributed by atoms with van der Waals surface area (Å²) in [6, 6.07) is -0.885. The van der Waals surface area contributed by atoms with Crippen LogP contribution in [0.25, 0.3) is 0 Å². The van der Waals surface area contributed by atoms with Crippen LogP contribution in [0.1, 0.15) is 194 Å².